The van der Waals surface area contributed by atoms with Crippen LogP contribution in [0, 0.1) is 17.4 Å². The molecule has 1 rings (SSSR count). The highest BCUT2D eigenvalue weighted by Crippen LogP contribution is 2.27. The summed E-state index contributed by atoms with van der Waals surface area (Å²) in [5, 5.41) is 0. The Balaban J connectivity index is 2.13. The lowest BCUT2D eigenvalue weighted by atomic mass is 9.83. The Hall–Kier alpha value is -0.680. The van der Waals surface area contributed by atoms with Crippen molar-refractivity contribution in [3.05, 3.63) is 0 Å². The van der Waals surface area contributed by atoms with Gasteiger partial charge >= 0.3 is 0 Å². The third kappa shape index (κ3) is 6.58. The molecule has 2 nitrogen and oxygen atoms in total. The summed E-state index contributed by atoms with van der Waals surface area (Å²) >= 11 is 0. The van der Waals surface area contributed by atoms with Crippen LogP contribution in [0.2, 0.25) is 0 Å². The quantitative estimate of drug-likeness (QED) is 0.679. The summed E-state index contributed by atoms with van der Waals surface area (Å²) in [6.45, 7) is 8.44. The first-order valence-corrected chi connectivity index (χ1v) is 6.85. The van der Waals surface area contributed by atoms with Gasteiger partial charge in [-0.05, 0) is 31.1 Å². The van der Waals surface area contributed by atoms with Gasteiger partial charge in [0.1, 0.15) is 12.2 Å². The predicted molar refractivity (Wildman–Crippen MR) is 70.6 cm³/mol. The second-order valence-corrected chi connectivity index (χ2v) is 5.65. The number of hydrogen-bond donors (Lipinski definition) is 0. The Morgan fingerprint density at radius 3 is 2.82 bits per heavy atom. The zero-order valence-electron chi connectivity index (χ0n) is 11.6. The smallest absolute Gasteiger partial charge is 0.134 e. The average molecular weight is 238 g/mol. The van der Waals surface area contributed by atoms with Crippen molar-refractivity contribution in [2.24, 2.45) is 5.41 Å². The highest BCUT2D eigenvalue weighted by molar-refractivity contribution is 4.93. The van der Waals surface area contributed by atoms with Gasteiger partial charge < -0.3 is 9.47 Å². The molecule has 0 radical (unpaired) electrons. The fraction of sp³-hybridized carbons (Fsp3) is 0.867. The molecule has 1 unspecified atom stereocenters. The van der Waals surface area contributed by atoms with Crippen molar-refractivity contribution in [3.8, 4) is 12.0 Å². The molecule has 0 bridgehead atoms. The third-order valence-corrected chi connectivity index (χ3v) is 3.27. The van der Waals surface area contributed by atoms with Crippen molar-refractivity contribution in [1.29, 1.82) is 0 Å². The van der Waals surface area contributed by atoms with Crippen LogP contribution >= 0.6 is 0 Å². The molecule has 1 aliphatic heterocycles. The van der Waals surface area contributed by atoms with Crippen LogP contribution in [0.3, 0.4) is 0 Å². The van der Waals surface area contributed by atoms with E-state index in [0.29, 0.717) is 12.0 Å². The van der Waals surface area contributed by atoms with E-state index in [1.54, 1.807) is 0 Å². The van der Waals surface area contributed by atoms with E-state index in [9.17, 15) is 0 Å². The normalized spacial score (nSPS) is 20.5. The summed E-state index contributed by atoms with van der Waals surface area (Å²) in [6, 6.07) is 0. The van der Waals surface area contributed by atoms with Crippen LogP contribution in [-0.2, 0) is 9.47 Å². The Morgan fingerprint density at radius 1 is 1.35 bits per heavy atom. The molecule has 17 heavy (non-hydrogen) atoms. The van der Waals surface area contributed by atoms with Crippen molar-refractivity contribution in [2.75, 3.05) is 13.2 Å². The number of hydrogen-bond acceptors (Lipinski definition) is 2. The van der Waals surface area contributed by atoms with E-state index in [2.05, 4.69) is 32.8 Å². The highest BCUT2D eigenvalue weighted by atomic mass is 16.5. The fourth-order valence-electron chi connectivity index (χ4n) is 2.18. The van der Waals surface area contributed by atoms with Gasteiger partial charge in [0.2, 0.25) is 0 Å². The topological polar surface area (TPSA) is 18.5 Å². The summed E-state index contributed by atoms with van der Waals surface area (Å²) in [5.74, 6) is 3.12. The molecular weight excluding hydrogens is 212 g/mol. The zero-order chi connectivity index (χ0) is 12.6. The van der Waals surface area contributed by atoms with Crippen LogP contribution in [0.1, 0.15) is 59.3 Å². The molecule has 0 saturated carbocycles. The van der Waals surface area contributed by atoms with Gasteiger partial charge in [-0.2, -0.15) is 0 Å². The molecule has 98 valence electrons. The molecule has 1 aliphatic rings. The van der Waals surface area contributed by atoms with Crippen LogP contribution < -0.4 is 0 Å². The fourth-order valence-corrected chi connectivity index (χ4v) is 2.18. The summed E-state index contributed by atoms with van der Waals surface area (Å²) in [7, 11) is 0. The lowest BCUT2D eigenvalue weighted by molar-refractivity contribution is -0.00577. The predicted octanol–water partition coefficient (Wildman–Crippen LogP) is 3.75. The van der Waals surface area contributed by atoms with Gasteiger partial charge in [-0.15, -0.1) is 0 Å². The SMILES string of the molecule is CCCC(C)(C)CCC#COC1CCCOC1. The highest BCUT2D eigenvalue weighted by Gasteiger charge is 2.15. The molecule has 1 heterocycles. The maximum absolute atomic E-state index is 5.47. The van der Waals surface area contributed by atoms with Crippen molar-refractivity contribution >= 4 is 0 Å². The molecule has 0 spiro atoms. The molecule has 1 fully saturated rings. The van der Waals surface area contributed by atoms with E-state index in [1.807, 2.05) is 0 Å². The van der Waals surface area contributed by atoms with Gasteiger partial charge in [-0.1, -0.05) is 33.1 Å². The van der Waals surface area contributed by atoms with Gasteiger partial charge in [0.15, 0.2) is 0 Å². The maximum Gasteiger partial charge on any atom is 0.134 e. The molecular formula is C15H26O2. The molecule has 1 saturated heterocycles. The Morgan fingerprint density at radius 2 is 2.18 bits per heavy atom. The molecule has 1 atom stereocenters. The third-order valence-electron chi connectivity index (χ3n) is 3.27. The Labute approximate surface area is 106 Å². The van der Waals surface area contributed by atoms with Gasteiger partial charge in [-0.3, -0.25) is 0 Å². The van der Waals surface area contributed by atoms with E-state index in [-0.39, 0.29) is 6.10 Å². The van der Waals surface area contributed by atoms with Crippen molar-refractivity contribution in [2.45, 2.75) is 65.4 Å². The van der Waals surface area contributed by atoms with Crippen LogP contribution in [0.5, 0.6) is 0 Å². The van der Waals surface area contributed by atoms with E-state index < -0.39 is 0 Å². The first-order chi connectivity index (χ1) is 8.14. The molecule has 0 aromatic carbocycles. The van der Waals surface area contributed by atoms with Crippen LogP contribution in [0.4, 0.5) is 0 Å². The average Bonchev–Trinajstić information content (AvgIpc) is 2.30. The minimum absolute atomic E-state index is 0.194. The van der Waals surface area contributed by atoms with Gasteiger partial charge in [0.05, 0.1) is 6.61 Å². The molecule has 0 aromatic heterocycles. The van der Waals surface area contributed by atoms with E-state index in [0.717, 1.165) is 32.3 Å². The second-order valence-electron chi connectivity index (χ2n) is 5.65. The van der Waals surface area contributed by atoms with E-state index in [4.69, 9.17) is 9.47 Å². The number of ether oxygens (including phenoxy) is 2. The summed E-state index contributed by atoms with van der Waals surface area (Å²) < 4.78 is 10.8. The zero-order valence-corrected chi connectivity index (χ0v) is 11.6. The molecule has 0 amide bonds. The number of rotatable bonds is 5. The van der Waals surface area contributed by atoms with Crippen LogP contribution in [0.25, 0.3) is 0 Å². The van der Waals surface area contributed by atoms with Crippen molar-refractivity contribution < 1.29 is 9.47 Å². The lowest BCUT2D eigenvalue weighted by Gasteiger charge is -2.22. The molecule has 0 N–H and O–H groups in total. The van der Waals surface area contributed by atoms with Crippen LogP contribution in [-0.4, -0.2) is 19.3 Å². The summed E-state index contributed by atoms with van der Waals surface area (Å²) in [4.78, 5) is 0. The van der Waals surface area contributed by atoms with Gasteiger partial charge in [-0.25, -0.2) is 0 Å². The van der Waals surface area contributed by atoms with Gasteiger partial charge in [0.25, 0.3) is 0 Å². The van der Waals surface area contributed by atoms with Crippen molar-refractivity contribution in [3.63, 3.8) is 0 Å². The molecule has 2 heteroatoms. The van der Waals surface area contributed by atoms with Gasteiger partial charge in [0, 0.05) is 13.0 Å². The minimum Gasteiger partial charge on any atom is -0.441 e. The standard InChI is InChI=1S/C15H26O2/c1-4-9-15(2,3)10-5-6-12-17-14-8-7-11-16-13-14/h14H,4-5,7-11,13H2,1-3H3. The largest absolute Gasteiger partial charge is 0.441 e. The van der Waals surface area contributed by atoms with E-state index in [1.165, 1.54) is 12.8 Å². The second kappa shape index (κ2) is 7.61. The van der Waals surface area contributed by atoms with Crippen molar-refractivity contribution in [1.82, 2.24) is 0 Å². The Bertz CT molecular complexity index is 254. The summed E-state index contributed by atoms with van der Waals surface area (Å²) in [6.07, 6.45) is 9.81. The Kier molecular flexibility index (Phi) is 6.44. The molecule has 0 aromatic rings. The molecule has 0 aliphatic carbocycles. The monoisotopic (exact) mass is 238 g/mol. The lowest BCUT2D eigenvalue weighted by Crippen LogP contribution is -2.23. The maximum atomic E-state index is 5.47. The minimum atomic E-state index is 0.194. The first kappa shape index (κ1) is 14.4. The summed E-state index contributed by atoms with van der Waals surface area (Å²) in [5.41, 5.74) is 0.414. The first-order valence-electron chi connectivity index (χ1n) is 6.85. The van der Waals surface area contributed by atoms with Crippen LogP contribution in [0.15, 0.2) is 0 Å². The van der Waals surface area contributed by atoms with E-state index >= 15 is 0 Å².